The molecule has 0 bridgehead atoms. The maximum Gasteiger partial charge on any atom is 0.316 e. The van der Waals surface area contributed by atoms with E-state index in [2.05, 4.69) is 5.32 Å². The first-order valence-corrected chi connectivity index (χ1v) is 4.34. The molecule has 5 nitrogen and oxygen atoms in total. The smallest absolute Gasteiger partial charge is 0.316 e. The van der Waals surface area contributed by atoms with E-state index in [-0.39, 0.29) is 0 Å². The van der Waals surface area contributed by atoms with Gasteiger partial charge in [0.2, 0.25) is 0 Å². The molecule has 0 fully saturated rings. The molecule has 3 N–H and O–H groups in total. The molecule has 1 aromatic carbocycles. The Morgan fingerprint density at radius 1 is 1.40 bits per heavy atom. The van der Waals surface area contributed by atoms with Crippen molar-refractivity contribution < 1.29 is 14.3 Å². The van der Waals surface area contributed by atoms with E-state index in [9.17, 15) is 9.59 Å². The molecule has 1 aromatic rings. The zero-order valence-electron chi connectivity index (χ0n) is 8.53. The Bertz CT molecular complexity index is 402. The molecular weight excluding hydrogens is 196 g/mol. The van der Waals surface area contributed by atoms with Gasteiger partial charge in [-0.05, 0) is 24.6 Å². The van der Waals surface area contributed by atoms with Gasteiger partial charge in [-0.25, -0.2) is 4.79 Å². The van der Waals surface area contributed by atoms with Crippen LogP contribution in [0, 0.1) is 6.92 Å². The second-order valence-electron chi connectivity index (χ2n) is 3.08. The van der Waals surface area contributed by atoms with E-state index >= 15 is 0 Å². The topological polar surface area (TPSA) is 81.4 Å². The Morgan fingerprint density at radius 3 is 2.60 bits per heavy atom. The van der Waals surface area contributed by atoms with Crippen LogP contribution < -0.4 is 15.8 Å². The molecule has 1 rings (SSSR count). The zero-order valence-corrected chi connectivity index (χ0v) is 8.53. The fourth-order valence-corrected chi connectivity index (χ4v) is 1.10. The van der Waals surface area contributed by atoms with Crippen molar-refractivity contribution >= 4 is 17.7 Å². The summed E-state index contributed by atoms with van der Waals surface area (Å²) in [6, 6.07) is 4.34. The lowest BCUT2D eigenvalue weighted by Crippen LogP contribution is -2.20. The fraction of sp³-hybridized carbons (Fsp3) is 0.200. The highest BCUT2D eigenvalue weighted by Crippen LogP contribution is 2.25. The Balaban J connectivity index is 3.02. The van der Waals surface area contributed by atoms with Crippen molar-refractivity contribution in [2.24, 2.45) is 5.73 Å². The van der Waals surface area contributed by atoms with Crippen molar-refractivity contribution in [3.05, 3.63) is 23.8 Å². The van der Waals surface area contributed by atoms with Gasteiger partial charge in [0.25, 0.3) is 0 Å². The first-order chi connectivity index (χ1) is 6.99. The quantitative estimate of drug-likeness (QED) is 0.569. The molecular formula is C10H12N2O3. The highest BCUT2D eigenvalue weighted by Gasteiger charge is 2.07. The minimum absolute atomic E-state index is 0.293. The average Bonchev–Trinajstić information content (AvgIpc) is 2.08. The highest BCUT2D eigenvalue weighted by atomic mass is 16.5. The zero-order chi connectivity index (χ0) is 11.4. The molecule has 0 heterocycles. The fourth-order valence-electron chi connectivity index (χ4n) is 1.10. The van der Waals surface area contributed by atoms with Crippen molar-refractivity contribution in [2.75, 3.05) is 5.32 Å². The molecule has 0 aromatic heterocycles. The summed E-state index contributed by atoms with van der Waals surface area (Å²) in [6.45, 7) is 3.14. The second kappa shape index (κ2) is 4.45. The molecule has 5 heteroatoms. The third-order valence-electron chi connectivity index (χ3n) is 1.65. The number of ether oxygens (including phenoxy) is 1. The summed E-state index contributed by atoms with van der Waals surface area (Å²) in [5.41, 5.74) is 6.27. The first kappa shape index (κ1) is 11.0. The van der Waals surface area contributed by atoms with Gasteiger partial charge in [0.15, 0.2) is 5.75 Å². The molecule has 0 unspecified atom stereocenters. The third kappa shape index (κ3) is 3.30. The Labute approximate surface area is 87.2 Å². The van der Waals surface area contributed by atoms with Crippen LogP contribution in [0.15, 0.2) is 18.2 Å². The number of urea groups is 1. The van der Waals surface area contributed by atoms with Crippen LogP contribution in [0.4, 0.5) is 10.5 Å². The first-order valence-electron chi connectivity index (χ1n) is 4.34. The molecule has 15 heavy (non-hydrogen) atoms. The monoisotopic (exact) mass is 208 g/mol. The molecule has 0 spiro atoms. The number of nitrogens with two attached hydrogens (primary N) is 1. The van der Waals surface area contributed by atoms with E-state index in [0.717, 1.165) is 5.56 Å². The Hall–Kier alpha value is -2.04. The van der Waals surface area contributed by atoms with Gasteiger partial charge >= 0.3 is 12.0 Å². The summed E-state index contributed by atoms with van der Waals surface area (Å²) in [7, 11) is 0. The lowest BCUT2D eigenvalue weighted by Gasteiger charge is -2.09. The van der Waals surface area contributed by atoms with Crippen LogP contribution in [-0.4, -0.2) is 12.0 Å². The predicted octanol–water partition coefficient (Wildman–Crippen LogP) is 1.41. The lowest BCUT2D eigenvalue weighted by atomic mass is 10.2. The minimum atomic E-state index is -0.702. The number of rotatable bonds is 2. The van der Waals surface area contributed by atoms with E-state index in [4.69, 9.17) is 10.5 Å². The number of hydrogen-bond acceptors (Lipinski definition) is 3. The highest BCUT2D eigenvalue weighted by molar-refractivity contribution is 5.90. The summed E-state index contributed by atoms with van der Waals surface area (Å²) < 4.78 is 4.92. The predicted molar refractivity (Wildman–Crippen MR) is 55.7 cm³/mol. The number of primary amides is 1. The SMILES string of the molecule is CC(=O)Oc1cc(C)ccc1NC(N)=O. The van der Waals surface area contributed by atoms with Crippen LogP contribution in [-0.2, 0) is 4.79 Å². The van der Waals surface area contributed by atoms with E-state index in [1.54, 1.807) is 18.2 Å². The van der Waals surface area contributed by atoms with Gasteiger partial charge in [-0.1, -0.05) is 6.07 Å². The van der Waals surface area contributed by atoms with E-state index in [1.807, 2.05) is 6.92 Å². The van der Waals surface area contributed by atoms with Crippen molar-refractivity contribution in [1.29, 1.82) is 0 Å². The summed E-state index contributed by atoms with van der Waals surface area (Å²) >= 11 is 0. The number of carbonyl (C=O) groups excluding carboxylic acids is 2. The van der Waals surface area contributed by atoms with Crippen molar-refractivity contribution in [3.63, 3.8) is 0 Å². The molecule has 80 valence electrons. The lowest BCUT2D eigenvalue weighted by molar-refractivity contribution is -0.131. The number of anilines is 1. The van der Waals surface area contributed by atoms with E-state index in [1.165, 1.54) is 6.92 Å². The average molecular weight is 208 g/mol. The number of nitrogens with one attached hydrogen (secondary N) is 1. The van der Waals surface area contributed by atoms with Crippen LogP contribution in [0.5, 0.6) is 5.75 Å². The molecule has 0 radical (unpaired) electrons. The van der Waals surface area contributed by atoms with E-state index in [0.29, 0.717) is 11.4 Å². The van der Waals surface area contributed by atoms with Crippen molar-refractivity contribution in [1.82, 2.24) is 0 Å². The van der Waals surface area contributed by atoms with Crippen molar-refractivity contribution in [3.8, 4) is 5.75 Å². The Kier molecular flexibility index (Phi) is 3.28. The van der Waals surface area contributed by atoms with Crippen LogP contribution in [0.25, 0.3) is 0 Å². The standard InChI is InChI=1S/C10H12N2O3/c1-6-3-4-8(12-10(11)14)9(5-6)15-7(2)13/h3-5H,1-2H3,(H3,11,12,14). The van der Waals surface area contributed by atoms with Gasteiger partial charge in [0.1, 0.15) is 0 Å². The van der Waals surface area contributed by atoms with Gasteiger partial charge in [-0.15, -0.1) is 0 Å². The van der Waals surface area contributed by atoms with Crippen LogP contribution >= 0.6 is 0 Å². The maximum atomic E-state index is 10.8. The van der Waals surface area contributed by atoms with Crippen LogP contribution in [0.2, 0.25) is 0 Å². The number of esters is 1. The number of benzene rings is 1. The Morgan fingerprint density at radius 2 is 2.07 bits per heavy atom. The van der Waals surface area contributed by atoms with E-state index < -0.39 is 12.0 Å². The molecule has 2 amide bonds. The van der Waals surface area contributed by atoms with Crippen LogP contribution in [0.1, 0.15) is 12.5 Å². The third-order valence-corrected chi connectivity index (χ3v) is 1.65. The molecule has 0 atom stereocenters. The minimum Gasteiger partial charge on any atom is -0.424 e. The number of hydrogen-bond donors (Lipinski definition) is 2. The van der Waals surface area contributed by atoms with Gasteiger partial charge in [-0.3, -0.25) is 4.79 Å². The molecule has 0 aliphatic heterocycles. The summed E-state index contributed by atoms with van der Waals surface area (Å²) in [6.07, 6.45) is 0. The molecule has 0 saturated heterocycles. The normalized spacial score (nSPS) is 9.47. The van der Waals surface area contributed by atoms with Gasteiger partial charge in [-0.2, -0.15) is 0 Å². The van der Waals surface area contributed by atoms with Gasteiger partial charge in [0.05, 0.1) is 5.69 Å². The van der Waals surface area contributed by atoms with Crippen LogP contribution in [0.3, 0.4) is 0 Å². The summed E-state index contributed by atoms with van der Waals surface area (Å²) in [5, 5.41) is 2.37. The maximum absolute atomic E-state index is 10.8. The molecule has 0 aliphatic rings. The largest absolute Gasteiger partial charge is 0.424 e. The molecule has 0 saturated carbocycles. The number of amides is 2. The second-order valence-corrected chi connectivity index (χ2v) is 3.08. The van der Waals surface area contributed by atoms with Gasteiger partial charge in [0, 0.05) is 6.92 Å². The number of carbonyl (C=O) groups is 2. The van der Waals surface area contributed by atoms with Crippen molar-refractivity contribution in [2.45, 2.75) is 13.8 Å². The number of aryl methyl sites for hydroxylation is 1. The summed E-state index contributed by atoms with van der Waals surface area (Å²) in [4.78, 5) is 21.5. The van der Waals surface area contributed by atoms with Gasteiger partial charge < -0.3 is 15.8 Å². The summed E-state index contributed by atoms with van der Waals surface area (Å²) in [5.74, 6) is -0.158. The molecule has 0 aliphatic carbocycles.